The van der Waals surface area contributed by atoms with Crippen LogP contribution in [0.25, 0.3) is 10.9 Å². The number of aromatic nitrogens is 2. The minimum absolute atomic E-state index is 0.0883. The van der Waals surface area contributed by atoms with Gasteiger partial charge in [-0.05, 0) is 38.3 Å². The molecule has 0 spiro atoms. The molecule has 1 saturated carbocycles. The van der Waals surface area contributed by atoms with Crippen molar-refractivity contribution in [2.75, 3.05) is 50.2 Å². The Kier molecular flexibility index (Phi) is 7.58. The molecule has 1 aromatic heterocycles. The second kappa shape index (κ2) is 10.5. The van der Waals surface area contributed by atoms with Crippen LogP contribution in [0.1, 0.15) is 46.1 Å². The van der Waals surface area contributed by atoms with Crippen LogP contribution in [0.4, 0.5) is 10.1 Å². The van der Waals surface area contributed by atoms with Crippen LogP contribution in [0.5, 0.6) is 0 Å². The molecular weight excluding hydrogens is 547 g/mol. The van der Waals surface area contributed by atoms with Crippen molar-refractivity contribution >= 4 is 50.0 Å². The van der Waals surface area contributed by atoms with Crippen LogP contribution in [0, 0.1) is 5.92 Å². The number of anilines is 1. The summed E-state index contributed by atoms with van der Waals surface area (Å²) in [5.74, 6) is -0.552. The number of amides is 2. The van der Waals surface area contributed by atoms with Crippen LogP contribution in [0.2, 0.25) is 0 Å². The van der Waals surface area contributed by atoms with Crippen LogP contribution < -0.4 is 9.62 Å². The molecule has 2 saturated heterocycles. The standard InChI is InChI=1S/C26H36ClFN6O4S/c1-17(2)25(36)32-8-6-31(7-9-32)22-11-20(39(37,38)30-26(3)4-5-26)12-23-21(22)15-29-34(23)19-10-18(14-28)33(16-19)24(35)13-27/h11-12,15,17-19,30H,4-10,13-14,16H2,1-3H3/t18-,19+/m0/s1. The first-order chi connectivity index (χ1) is 18.5. The SMILES string of the molecule is CC(C)C(=O)N1CCN(c2cc(S(=O)(=O)NC3(C)CC3)cc3c2cnn3[C@@H]2C[C@@H](CF)N(C(=O)CCl)C2)CC1. The summed E-state index contributed by atoms with van der Waals surface area (Å²) in [6.07, 6.45) is 3.62. The molecule has 3 heterocycles. The molecule has 10 nitrogen and oxygen atoms in total. The van der Waals surface area contributed by atoms with Crippen LogP contribution in [0.3, 0.4) is 0 Å². The van der Waals surface area contributed by atoms with E-state index in [1.165, 1.54) is 4.90 Å². The molecule has 3 aliphatic rings. The topological polar surface area (TPSA) is 108 Å². The lowest BCUT2D eigenvalue weighted by Gasteiger charge is -2.37. The summed E-state index contributed by atoms with van der Waals surface area (Å²) in [6, 6.07) is 2.38. The van der Waals surface area contributed by atoms with E-state index < -0.39 is 28.3 Å². The van der Waals surface area contributed by atoms with Gasteiger partial charge in [0.2, 0.25) is 21.8 Å². The maximum Gasteiger partial charge on any atom is 0.241 e. The lowest BCUT2D eigenvalue weighted by molar-refractivity contribution is -0.134. The van der Waals surface area contributed by atoms with E-state index in [-0.39, 0.29) is 41.1 Å². The van der Waals surface area contributed by atoms with Gasteiger partial charge in [-0.25, -0.2) is 17.5 Å². The third kappa shape index (κ3) is 5.47. The molecule has 214 valence electrons. The number of fused-ring (bicyclic) bond motifs is 1. The number of nitrogens with one attached hydrogen (secondary N) is 1. The number of halogens is 2. The molecule has 3 fully saturated rings. The number of piperazine rings is 1. The average Bonchev–Trinajstić information content (AvgIpc) is 3.30. The molecule has 0 bridgehead atoms. The second-order valence-electron chi connectivity index (χ2n) is 11.5. The Balaban J connectivity index is 1.53. The minimum Gasteiger partial charge on any atom is -0.367 e. The van der Waals surface area contributed by atoms with Gasteiger partial charge in [0, 0.05) is 55.3 Å². The number of benzene rings is 1. The molecule has 0 radical (unpaired) electrons. The Bertz CT molecular complexity index is 1370. The molecule has 2 aliphatic heterocycles. The van der Waals surface area contributed by atoms with E-state index in [2.05, 4.69) is 14.7 Å². The number of hydrogen-bond acceptors (Lipinski definition) is 6. The van der Waals surface area contributed by atoms with Crippen molar-refractivity contribution in [3.05, 3.63) is 18.3 Å². The van der Waals surface area contributed by atoms with E-state index in [1.807, 2.05) is 25.7 Å². The van der Waals surface area contributed by atoms with Crippen molar-refractivity contribution < 1.29 is 22.4 Å². The van der Waals surface area contributed by atoms with Crippen LogP contribution in [0.15, 0.2) is 23.2 Å². The highest BCUT2D eigenvalue weighted by atomic mass is 35.5. The Morgan fingerprint density at radius 1 is 1.21 bits per heavy atom. The van der Waals surface area contributed by atoms with E-state index in [9.17, 15) is 22.4 Å². The highest BCUT2D eigenvalue weighted by Crippen LogP contribution is 2.39. The van der Waals surface area contributed by atoms with E-state index in [0.29, 0.717) is 38.1 Å². The molecule has 0 unspecified atom stereocenters. The lowest BCUT2D eigenvalue weighted by atomic mass is 10.1. The predicted octanol–water partition coefficient (Wildman–Crippen LogP) is 2.52. The lowest BCUT2D eigenvalue weighted by Crippen LogP contribution is -2.50. The highest BCUT2D eigenvalue weighted by Gasteiger charge is 2.42. The highest BCUT2D eigenvalue weighted by molar-refractivity contribution is 7.89. The van der Waals surface area contributed by atoms with Gasteiger partial charge in [-0.3, -0.25) is 14.3 Å². The fraction of sp³-hybridized carbons (Fsp3) is 0.654. The number of likely N-dealkylation sites (tertiary alicyclic amines) is 1. The van der Waals surface area contributed by atoms with Gasteiger partial charge >= 0.3 is 0 Å². The van der Waals surface area contributed by atoms with Crippen molar-refractivity contribution in [2.24, 2.45) is 5.92 Å². The summed E-state index contributed by atoms with van der Waals surface area (Å²) in [5.41, 5.74) is 0.891. The number of alkyl halides is 2. The first-order valence-corrected chi connectivity index (χ1v) is 15.5. The third-order valence-electron chi connectivity index (χ3n) is 8.14. The maximum absolute atomic E-state index is 13.8. The summed E-state index contributed by atoms with van der Waals surface area (Å²) >= 11 is 5.76. The normalized spacial score (nSPS) is 23.2. The Morgan fingerprint density at radius 3 is 2.49 bits per heavy atom. The number of carbonyl (C=O) groups excluding carboxylic acids is 2. The maximum atomic E-state index is 13.8. The van der Waals surface area contributed by atoms with Gasteiger partial charge < -0.3 is 14.7 Å². The van der Waals surface area contributed by atoms with E-state index in [0.717, 1.165) is 23.9 Å². The quantitative estimate of drug-likeness (QED) is 0.479. The van der Waals surface area contributed by atoms with Crippen LogP contribution in [-0.2, 0) is 19.6 Å². The first-order valence-electron chi connectivity index (χ1n) is 13.5. The van der Waals surface area contributed by atoms with Crippen molar-refractivity contribution in [1.82, 2.24) is 24.3 Å². The second-order valence-corrected chi connectivity index (χ2v) is 13.4. The largest absolute Gasteiger partial charge is 0.367 e. The van der Waals surface area contributed by atoms with Crippen LogP contribution in [-0.4, -0.2) is 96.7 Å². The van der Waals surface area contributed by atoms with Crippen molar-refractivity contribution in [3.63, 3.8) is 0 Å². The summed E-state index contributed by atoms with van der Waals surface area (Å²) in [6.45, 7) is 7.39. The summed E-state index contributed by atoms with van der Waals surface area (Å²) < 4.78 is 45.3. The van der Waals surface area contributed by atoms with Gasteiger partial charge in [0.05, 0.1) is 28.7 Å². The van der Waals surface area contributed by atoms with Gasteiger partial charge in [0.15, 0.2) is 0 Å². The van der Waals surface area contributed by atoms with Crippen molar-refractivity contribution in [3.8, 4) is 0 Å². The number of rotatable bonds is 8. The minimum atomic E-state index is -3.83. The zero-order valence-electron chi connectivity index (χ0n) is 22.6. The number of carbonyl (C=O) groups is 2. The molecule has 1 N–H and O–H groups in total. The molecule has 1 aromatic carbocycles. The Hall–Kier alpha value is -2.44. The molecule has 2 amide bonds. The van der Waals surface area contributed by atoms with Crippen molar-refractivity contribution in [1.29, 1.82) is 0 Å². The Morgan fingerprint density at radius 2 is 1.90 bits per heavy atom. The molecule has 1 aliphatic carbocycles. The summed E-state index contributed by atoms with van der Waals surface area (Å²) in [7, 11) is -3.83. The van der Waals surface area contributed by atoms with Gasteiger partial charge in [-0.2, -0.15) is 5.10 Å². The molecule has 2 aromatic rings. The summed E-state index contributed by atoms with van der Waals surface area (Å²) in [4.78, 5) is 30.4. The number of hydrogen-bond donors (Lipinski definition) is 1. The number of nitrogens with zero attached hydrogens (tertiary/aromatic N) is 5. The monoisotopic (exact) mass is 582 g/mol. The average molecular weight is 583 g/mol. The van der Waals surface area contributed by atoms with Gasteiger partial charge in [0.25, 0.3) is 0 Å². The van der Waals surface area contributed by atoms with Gasteiger partial charge in [-0.1, -0.05) is 13.8 Å². The fourth-order valence-corrected chi connectivity index (χ4v) is 7.27. The van der Waals surface area contributed by atoms with E-state index >= 15 is 0 Å². The molecule has 39 heavy (non-hydrogen) atoms. The first kappa shape index (κ1) is 28.1. The summed E-state index contributed by atoms with van der Waals surface area (Å²) in [5, 5.41) is 5.39. The number of sulfonamides is 1. The molecular formula is C26H36ClFN6O4S. The zero-order chi connectivity index (χ0) is 28.1. The van der Waals surface area contributed by atoms with Crippen LogP contribution >= 0.6 is 11.6 Å². The fourth-order valence-electron chi connectivity index (χ4n) is 5.61. The van der Waals surface area contributed by atoms with Gasteiger partial charge in [0.1, 0.15) is 12.6 Å². The van der Waals surface area contributed by atoms with E-state index in [4.69, 9.17) is 11.6 Å². The Labute approximate surface area is 233 Å². The molecule has 2 atom stereocenters. The smallest absolute Gasteiger partial charge is 0.241 e. The molecule has 13 heteroatoms. The van der Waals surface area contributed by atoms with Crippen molar-refractivity contribution in [2.45, 2.75) is 62.6 Å². The zero-order valence-corrected chi connectivity index (χ0v) is 24.1. The predicted molar refractivity (Wildman–Crippen MR) is 147 cm³/mol. The van der Waals surface area contributed by atoms with Gasteiger partial charge in [-0.15, -0.1) is 11.6 Å². The molecule has 5 rings (SSSR count). The van der Waals surface area contributed by atoms with E-state index in [1.54, 1.807) is 23.0 Å². The third-order valence-corrected chi connectivity index (χ3v) is 9.98.